The molecule has 3 rings (SSSR count). The number of rotatable bonds is 4. The average Bonchev–Trinajstić information content (AvgIpc) is 2.95. The minimum absolute atomic E-state index is 0.263. The number of para-hydroxylation sites is 1. The van der Waals surface area contributed by atoms with Gasteiger partial charge in [-0.3, -0.25) is 0 Å². The molecule has 1 aliphatic rings. The molecule has 0 radical (unpaired) electrons. The first-order valence-corrected chi connectivity index (χ1v) is 10.5. The van der Waals surface area contributed by atoms with Crippen molar-refractivity contribution < 1.29 is 9.53 Å². The van der Waals surface area contributed by atoms with Crippen LogP contribution in [0.3, 0.4) is 0 Å². The van der Waals surface area contributed by atoms with Gasteiger partial charge in [0, 0.05) is 8.45 Å². The molecule has 0 atom stereocenters. The molecule has 1 aliphatic carbocycles. The van der Waals surface area contributed by atoms with Crippen molar-refractivity contribution >= 4 is 67.9 Å². The predicted octanol–water partition coefficient (Wildman–Crippen LogP) is 5.22. The quantitative estimate of drug-likeness (QED) is 0.353. The highest BCUT2D eigenvalue weighted by Crippen LogP contribution is 2.38. The van der Waals surface area contributed by atoms with Gasteiger partial charge >= 0.3 is 5.97 Å². The van der Waals surface area contributed by atoms with Crippen molar-refractivity contribution in [3.63, 3.8) is 0 Å². The minimum atomic E-state index is -0.263. The van der Waals surface area contributed by atoms with E-state index in [2.05, 4.69) is 33.2 Å². The lowest BCUT2D eigenvalue weighted by Gasteiger charge is -2.13. The lowest BCUT2D eigenvalue weighted by Crippen LogP contribution is -2.21. The minimum Gasteiger partial charge on any atom is -0.462 e. The SMILES string of the molecule is CCOC(=O)c1c(NC(=S)Nc2ccccc2I)sc2c1CCCC2. The molecular weight excluding hydrogens is 467 g/mol. The first kappa shape index (κ1) is 18.6. The van der Waals surface area contributed by atoms with Gasteiger partial charge in [0.05, 0.1) is 17.9 Å². The van der Waals surface area contributed by atoms with Crippen LogP contribution in [0.2, 0.25) is 0 Å². The molecule has 25 heavy (non-hydrogen) atoms. The van der Waals surface area contributed by atoms with Gasteiger partial charge in [-0.25, -0.2) is 4.79 Å². The molecular formula is C18H19IN2O2S2. The van der Waals surface area contributed by atoms with Crippen molar-refractivity contribution in [3.05, 3.63) is 43.8 Å². The second kappa shape index (κ2) is 8.46. The zero-order chi connectivity index (χ0) is 17.8. The summed E-state index contributed by atoms with van der Waals surface area (Å²) in [7, 11) is 0. The Kier molecular flexibility index (Phi) is 6.29. The summed E-state index contributed by atoms with van der Waals surface area (Å²) in [4.78, 5) is 13.7. The summed E-state index contributed by atoms with van der Waals surface area (Å²) >= 11 is 9.34. The van der Waals surface area contributed by atoms with Gasteiger partial charge in [-0.1, -0.05) is 12.1 Å². The van der Waals surface area contributed by atoms with Crippen LogP contribution in [0.25, 0.3) is 0 Å². The fourth-order valence-corrected chi connectivity index (χ4v) is 4.97. The fraction of sp³-hybridized carbons (Fsp3) is 0.333. The van der Waals surface area contributed by atoms with Crippen LogP contribution in [0, 0.1) is 3.57 Å². The fourth-order valence-electron chi connectivity index (χ4n) is 2.89. The zero-order valence-corrected chi connectivity index (χ0v) is 17.6. The third kappa shape index (κ3) is 4.32. The molecule has 0 spiro atoms. The van der Waals surface area contributed by atoms with E-state index in [0.717, 1.165) is 39.1 Å². The van der Waals surface area contributed by atoms with E-state index in [4.69, 9.17) is 17.0 Å². The summed E-state index contributed by atoms with van der Waals surface area (Å²) in [6.45, 7) is 2.20. The maximum atomic E-state index is 12.5. The van der Waals surface area contributed by atoms with E-state index in [1.165, 1.54) is 11.3 Å². The molecule has 132 valence electrons. The molecule has 4 nitrogen and oxygen atoms in total. The highest BCUT2D eigenvalue weighted by Gasteiger charge is 2.26. The first-order chi connectivity index (χ1) is 12.1. The Bertz CT molecular complexity index is 804. The van der Waals surface area contributed by atoms with Crippen molar-refractivity contribution in [2.75, 3.05) is 17.2 Å². The third-order valence-electron chi connectivity index (χ3n) is 4.00. The molecule has 2 N–H and O–H groups in total. The van der Waals surface area contributed by atoms with Gasteiger partial charge in [0.1, 0.15) is 5.00 Å². The second-order valence-corrected chi connectivity index (χ2v) is 8.37. The van der Waals surface area contributed by atoms with E-state index >= 15 is 0 Å². The monoisotopic (exact) mass is 486 g/mol. The number of ether oxygens (including phenoxy) is 1. The van der Waals surface area contributed by atoms with Gasteiger partial charge in [0.2, 0.25) is 0 Å². The average molecular weight is 486 g/mol. The largest absolute Gasteiger partial charge is 0.462 e. The van der Waals surface area contributed by atoms with Crippen LogP contribution in [0.5, 0.6) is 0 Å². The topological polar surface area (TPSA) is 50.4 Å². The van der Waals surface area contributed by atoms with Gasteiger partial charge in [0.15, 0.2) is 5.11 Å². The first-order valence-electron chi connectivity index (χ1n) is 8.24. The van der Waals surface area contributed by atoms with E-state index in [1.54, 1.807) is 11.3 Å². The Morgan fingerprint density at radius 3 is 2.80 bits per heavy atom. The Morgan fingerprint density at radius 2 is 2.04 bits per heavy atom. The van der Waals surface area contributed by atoms with E-state index in [-0.39, 0.29) is 5.97 Å². The van der Waals surface area contributed by atoms with E-state index in [9.17, 15) is 4.79 Å². The molecule has 1 heterocycles. The van der Waals surface area contributed by atoms with Crippen molar-refractivity contribution in [1.29, 1.82) is 0 Å². The molecule has 7 heteroatoms. The van der Waals surface area contributed by atoms with Crippen LogP contribution in [-0.2, 0) is 17.6 Å². The van der Waals surface area contributed by atoms with Gasteiger partial charge in [-0.2, -0.15) is 0 Å². The van der Waals surface area contributed by atoms with Gasteiger partial charge in [-0.05, 0) is 85.1 Å². The number of hydrogen-bond acceptors (Lipinski definition) is 4. The standard InChI is InChI=1S/C18H19IN2O2S2/c1-2-23-17(22)15-11-7-3-6-10-14(11)25-16(15)21-18(24)20-13-9-5-4-8-12(13)19/h4-5,8-9H,2-3,6-7,10H2,1H3,(H2,20,21,24). The smallest absolute Gasteiger partial charge is 0.341 e. The molecule has 2 aromatic rings. The lowest BCUT2D eigenvalue weighted by atomic mass is 9.95. The van der Waals surface area contributed by atoms with Gasteiger partial charge in [0.25, 0.3) is 0 Å². The maximum absolute atomic E-state index is 12.5. The Morgan fingerprint density at radius 1 is 1.28 bits per heavy atom. The number of thiocarbonyl (C=S) groups is 1. The summed E-state index contributed by atoms with van der Waals surface area (Å²) in [6.07, 6.45) is 4.23. The van der Waals surface area contributed by atoms with Crippen LogP contribution in [0.1, 0.15) is 40.6 Å². The maximum Gasteiger partial charge on any atom is 0.341 e. The predicted molar refractivity (Wildman–Crippen MR) is 116 cm³/mol. The molecule has 0 bridgehead atoms. The van der Waals surface area contributed by atoms with E-state index in [0.29, 0.717) is 17.3 Å². The van der Waals surface area contributed by atoms with Crippen LogP contribution in [0.15, 0.2) is 24.3 Å². The summed E-state index contributed by atoms with van der Waals surface area (Å²) < 4.78 is 6.36. The number of nitrogens with one attached hydrogen (secondary N) is 2. The summed E-state index contributed by atoms with van der Waals surface area (Å²) in [6, 6.07) is 7.93. The molecule has 1 aromatic carbocycles. The summed E-state index contributed by atoms with van der Waals surface area (Å²) in [5, 5.41) is 7.69. The number of fused-ring (bicyclic) bond motifs is 1. The van der Waals surface area contributed by atoms with Crippen LogP contribution < -0.4 is 10.6 Å². The number of aryl methyl sites for hydroxylation is 1. The molecule has 0 amide bonds. The highest BCUT2D eigenvalue weighted by atomic mass is 127. The number of carbonyl (C=O) groups is 1. The lowest BCUT2D eigenvalue weighted by molar-refractivity contribution is 0.0526. The number of esters is 1. The van der Waals surface area contributed by atoms with Crippen LogP contribution in [-0.4, -0.2) is 17.7 Å². The van der Waals surface area contributed by atoms with E-state index in [1.807, 2.05) is 31.2 Å². The molecule has 0 saturated carbocycles. The normalized spacial score (nSPS) is 13.0. The van der Waals surface area contributed by atoms with Crippen molar-refractivity contribution in [2.24, 2.45) is 0 Å². The third-order valence-corrected chi connectivity index (χ3v) is 6.35. The molecule has 0 saturated heterocycles. The molecule has 1 aromatic heterocycles. The Hall–Kier alpha value is -1.19. The van der Waals surface area contributed by atoms with Gasteiger partial charge in [-0.15, -0.1) is 11.3 Å². The van der Waals surface area contributed by atoms with Crippen molar-refractivity contribution in [2.45, 2.75) is 32.6 Å². The summed E-state index contributed by atoms with van der Waals surface area (Å²) in [5.74, 6) is -0.263. The number of benzene rings is 1. The van der Waals surface area contributed by atoms with Crippen molar-refractivity contribution in [3.8, 4) is 0 Å². The van der Waals surface area contributed by atoms with Crippen LogP contribution in [0.4, 0.5) is 10.7 Å². The Balaban J connectivity index is 1.84. The van der Waals surface area contributed by atoms with Crippen molar-refractivity contribution in [1.82, 2.24) is 0 Å². The number of carbonyl (C=O) groups excluding carboxylic acids is 1. The highest BCUT2D eigenvalue weighted by molar-refractivity contribution is 14.1. The van der Waals surface area contributed by atoms with E-state index < -0.39 is 0 Å². The van der Waals surface area contributed by atoms with Gasteiger partial charge < -0.3 is 15.4 Å². The molecule has 0 unspecified atom stereocenters. The van der Waals surface area contributed by atoms with Crippen LogP contribution >= 0.6 is 46.1 Å². The zero-order valence-electron chi connectivity index (χ0n) is 13.9. The second-order valence-electron chi connectivity index (χ2n) is 5.69. The molecule has 0 fully saturated rings. The molecule has 0 aliphatic heterocycles. The summed E-state index contributed by atoms with van der Waals surface area (Å²) in [5.41, 5.74) is 2.74. The number of halogens is 1. The Labute approximate surface area is 170 Å². The number of thiophene rings is 1. The number of hydrogen-bond donors (Lipinski definition) is 2. The number of anilines is 2.